The summed E-state index contributed by atoms with van der Waals surface area (Å²) in [7, 11) is -2.98. The molecule has 0 radical (unpaired) electrons. The first-order valence-corrected chi connectivity index (χ1v) is 7.43. The Labute approximate surface area is 87.7 Å². The minimum Gasteiger partial charge on any atom is -0.211 e. The molecule has 1 saturated carbocycles. The van der Waals surface area contributed by atoms with E-state index in [4.69, 9.17) is 0 Å². The summed E-state index contributed by atoms with van der Waals surface area (Å²) in [4.78, 5) is 0. The van der Waals surface area contributed by atoms with Crippen LogP contribution in [0.3, 0.4) is 0 Å². The minimum atomic E-state index is -2.98. The van der Waals surface area contributed by atoms with Crippen molar-refractivity contribution in [3.63, 3.8) is 0 Å². The van der Waals surface area contributed by atoms with Gasteiger partial charge in [-0.3, -0.25) is 0 Å². The molecule has 2 rings (SSSR count). The maximum atomic E-state index is 11.5. The molecule has 0 spiro atoms. The summed E-state index contributed by atoms with van der Waals surface area (Å²) < 4.78 is 24.8. The Hall–Kier alpha value is 0.390. The molecule has 0 unspecified atom stereocenters. The molecule has 1 heterocycles. The van der Waals surface area contributed by atoms with Crippen LogP contribution in [0.25, 0.3) is 0 Å². The highest BCUT2D eigenvalue weighted by atomic mass is 79.9. The van der Waals surface area contributed by atoms with Crippen LogP contribution in [0, 0.1) is 5.92 Å². The maximum absolute atomic E-state index is 11.5. The minimum absolute atomic E-state index is 0.0726. The van der Waals surface area contributed by atoms with Crippen molar-refractivity contribution in [1.29, 1.82) is 0 Å². The Bertz CT molecular complexity index is 291. The van der Waals surface area contributed by atoms with Gasteiger partial charge in [0.2, 0.25) is 10.0 Å². The number of fused-ring (bicyclic) bond motifs is 1. The number of halogens is 1. The summed E-state index contributed by atoms with van der Waals surface area (Å²) in [6.45, 7) is 0.763. The van der Waals surface area contributed by atoms with Crippen molar-refractivity contribution < 1.29 is 8.42 Å². The van der Waals surface area contributed by atoms with Gasteiger partial charge in [0.05, 0.1) is 0 Å². The molecule has 0 N–H and O–H groups in total. The second-order valence-electron chi connectivity index (χ2n) is 3.90. The van der Waals surface area contributed by atoms with E-state index in [-0.39, 0.29) is 4.66 Å². The monoisotopic (exact) mass is 267 g/mol. The lowest BCUT2D eigenvalue weighted by Crippen LogP contribution is -2.59. The summed E-state index contributed by atoms with van der Waals surface area (Å²) in [5.41, 5.74) is 0. The third kappa shape index (κ3) is 1.66. The number of alkyl halides is 1. The topological polar surface area (TPSA) is 37.4 Å². The Morgan fingerprint density at radius 1 is 1.31 bits per heavy atom. The molecule has 2 aliphatic rings. The average molecular weight is 268 g/mol. The van der Waals surface area contributed by atoms with E-state index in [9.17, 15) is 8.42 Å². The molecule has 0 aromatic carbocycles. The molecule has 2 fully saturated rings. The van der Waals surface area contributed by atoms with Gasteiger partial charge in [-0.1, -0.05) is 28.8 Å². The van der Waals surface area contributed by atoms with Crippen LogP contribution < -0.4 is 0 Å². The van der Waals surface area contributed by atoms with Crippen LogP contribution in [0.15, 0.2) is 0 Å². The number of nitrogens with zero attached hydrogens (tertiary/aromatic N) is 1. The zero-order valence-corrected chi connectivity index (χ0v) is 9.85. The van der Waals surface area contributed by atoms with Crippen LogP contribution in [-0.4, -0.2) is 30.0 Å². The van der Waals surface area contributed by atoms with Gasteiger partial charge in [-0.25, -0.2) is 8.42 Å². The molecular weight excluding hydrogens is 254 g/mol. The first-order chi connectivity index (χ1) is 6.15. The van der Waals surface area contributed by atoms with Gasteiger partial charge < -0.3 is 0 Å². The van der Waals surface area contributed by atoms with Gasteiger partial charge in [0.1, 0.15) is 4.66 Å². The smallest absolute Gasteiger partial charge is 0.211 e. The van der Waals surface area contributed by atoms with Crippen LogP contribution >= 0.6 is 15.9 Å². The SMILES string of the molecule is O=S(=O)(CBr)N1C[C@H]2CCCC[C@H]21. The number of rotatable bonds is 2. The molecule has 0 aromatic rings. The highest BCUT2D eigenvalue weighted by Gasteiger charge is 2.45. The van der Waals surface area contributed by atoms with Crippen LogP contribution in [0.5, 0.6) is 0 Å². The van der Waals surface area contributed by atoms with Gasteiger partial charge >= 0.3 is 0 Å². The van der Waals surface area contributed by atoms with Crippen molar-refractivity contribution in [3.05, 3.63) is 0 Å². The van der Waals surface area contributed by atoms with Crippen molar-refractivity contribution >= 4 is 26.0 Å². The quantitative estimate of drug-likeness (QED) is 0.712. The van der Waals surface area contributed by atoms with Gasteiger partial charge in [0.15, 0.2) is 0 Å². The summed E-state index contributed by atoms with van der Waals surface area (Å²) in [5.74, 6) is 0.655. The summed E-state index contributed by atoms with van der Waals surface area (Å²) >= 11 is 3.03. The van der Waals surface area contributed by atoms with E-state index in [1.807, 2.05) is 0 Å². The molecule has 5 heteroatoms. The van der Waals surface area contributed by atoms with E-state index in [0.717, 1.165) is 13.0 Å². The van der Waals surface area contributed by atoms with Gasteiger partial charge in [-0.05, 0) is 18.8 Å². The van der Waals surface area contributed by atoms with Crippen LogP contribution in [-0.2, 0) is 10.0 Å². The van der Waals surface area contributed by atoms with E-state index >= 15 is 0 Å². The lowest BCUT2D eigenvalue weighted by molar-refractivity contribution is 0.0607. The molecule has 1 aliphatic carbocycles. The van der Waals surface area contributed by atoms with Crippen LogP contribution in [0.1, 0.15) is 25.7 Å². The summed E-state index contributed by atoms with van der Waals surface area (Å²) in [6, 6.07) is 0.330. The van der Waals surface area contributed by atoms with Gasteiger partial charge in [-0.15, -0.1) is 0 Å². The third-order valence-corrected chi connectivity index (χ3v) is 6.29. The number of sulfonamides is 1. The highest BCUT2D eigenvalue weighted by molar-refractivity contribution is 9.10. The maximum Gasteiger partial charge on any atom is 0.224 e. The van der Waals surface area contributed by atoms with Gasteiger partial charge in [0, 0.05) is 12.6 Å². The Kier molecular flexibility index (Phi) is 2.68. The van der Waals surface area contributed by atoms with E-state index in [2.05, 4.69) is 15.9 Å². The molecule has 0 amide bonds. The molecule has 1 aliphatic heterocycles. The van der Waals surface area contributed by atoms with Crippen molar-refractivity contribution in [2.24, 2.45) is 5.92 Å². The second kappa shape index (κ2) is 3.51. The third-order valence-electron chi connectivity index (χ3n) is 3.15. The number of hydrogen-bond donors (Lipinski definition) is 0. The molecule has 76 valence electrons. The highest BCUT2D eigenvalue weighted by Crippen LogP contribution is 2.39. The van der Waals surface area contributed by atoms with E-state index in [0.29, 0.717) is 12.0 Å². The zero-order valence-electron chi connectivity index (χ0n) is 7.45. The Morgan fingerprint density at radius 2 is 2.00 bits per heavy atom. The zero-order chi connectivity index (χ0) is 9.47. The molecule has 3 nitrogen and oxygen atoms in total. The van der Waals surface area contributed by atoms with Crippen LogP contribution in [0.4, 0.5) is 0 Å². The van der Waals surface area contributed by atoms with E-state index < -0.39 is 10.0 Å². The fourth-order valence-electron chi connectivity index (χ4n) is 2.39. The molecule has 13 heavy (non-hydrogen) atoms. The fraction of sp³-hybridized carbons (Fsp3) is 1.00. The number of hydrogen-bond acceptors (Lipinski definition) is 2. The van der Waals surface area contributed by atoms with Crippen LogP contribution in [0.2, 0.25) is 0 Å². The molecule has 0 aromatic heterocycles. The lowest BCUT2D eigenvalue weighted by atomic mass is 9.79. The predicted octanol–water partition coefficient (Wildman–Crippen LogP) is 1.54. The Balaban J connectivity index is 2.05. The summed E-state index contributed by atoms with van der Waals surface area (Å²) in [6.07, 6.45) is 4.76. The summed E-state index contributed by atoms with van der Waals surface area (Å²) in [5, 5.41) is 0. The molecule has 2 atom stereocenters. The van der Waals surface area contributed by atoms with Crippen molar-refractivity contribution in [1.82, 2.24) is 4.31 Å². The van der Waals surface area contributed by atoms with Gasteiger partial charge in [0.25, 0.3) is 0 Å². The first kappa shape index (κ1) is 9.93. The van der Waals surface area contributed by atoms with E-state index in [1.165, 1.54) is 19.3 Å². The molecule has 0 bridgehead atoms. The second-order valence-corrected chi connectivity index (χ2v) is 7.13. The fourth-order valence-corrected chi connectivity index (χ4v) is 4.41. The predicted molar refractivity (Wildman–Crippen MR) is 55.2 cm³/mol. The molecule has 1 saturated heterocycles. The van der Waals surface area contributed by atoms with Gasteiger partial charge in [-0.2, -0.15) is 4.31 Å². The van der Waals surface area contributed by atoms with Crippen molar-refractivity contribution in [2.45, 2.75) is 31.7 Å². The van der Waals surface area contributed by atoms with E-state index in [1.54, 1.807) is 4.31 Å². The average Bonchev–Trinajstić information content (AvgIpc) is 2.07. The van der Waals surface area contributed by atoms with Crippen molar-refractivity contribution in [3.8, 4) is 0 Å². The van der Waals surface area contributed by atoms with Crippen molar-refractivity contribution in [2.75, 3.05) is 11.2 Å². The molecular formula is C8H14BrNO2S. The normalized spacial score (nSPS) is 35.2. The lowest BCUT2D eigenvalue weighted by Gasteiger charge is -2.49. The first-order valence-electron chi connectivity index (χ1n) is 4.70. The largest absolute Gasteiger partial charge is 0.224 e. The Morgan fingerprint density at radius 3 is 2.62 bits per heavy atom. The standard InChI is InChI=1S/C8H14BrNO2S/c9-6-13(11,12)10-5-7-3-1-2-4-8(7)10/h7-8H,1-6H2/t7-,8-/m1/s1.